The summed E-state index contributed by atoms with van der Waals surface area (Å²) < 4.78 is 0. The predicted molar refractivity (Wildman–Crippen MR) is 188 cm³/mol. The van der Waals surface area contributed by atoms with Crippen LogP contribution in [0.2, 0.25) is 0 Å². The minimum absolute atomic E-state index is 0.0635. The number of hydrogen-bond acceptors (Lipinski definition) is 5. The van der Waals surface area contributed by atoms with Crippen molar-refractivity contribution in [1.29, 1.82) is 0 Å². The van der Waals surface area contributed by atoms with Gasteiger partial charge in [-0.2, -0.15) is 0 Å². The van der Waals surface area contributed by atoms with Crippen LogP contribution in [-0.2, 0) is 25.6 Å². The van der Waals surface area contributed by atoms with Crippen molar-refractivity contribution in [3.05, 3.63) is 47.5 Å². The Morgan fingerprint density at radius 1 is 0.935 bits per heavy atom. The molecule has 9 nitrogen and oxygen atoms in total. The van der Waals surface area contributed by atoms with Gasteiger partial charge in [0, 0.05) is 31.8 Å². The molecule has 1 aromatic rings. The molecule has 2 heterocycles. The topological polar surface area (TPSA) is 102 Å². The number of amides is 4. The molecule has 2 aliphatic rings. The molecular weight excluding hydrogens is 578 g/mol. The molecule has 0 bridgehead atoms. The summed E-state index contributed by atoms with van der Waals surface area (Å²) in [6.07, 6.45) is 8.70. The van der Waals surface area contributed by atoms with Gasteiger partial charge in [0.25, 0.3) is 0 Å². The number of piperidine rings is 1. The highest BCUT2D eigenvalue weighted by molar-refractivity contribution is 5.97. The van der Waals surface area contributed by atoms with Crippen LogP contribution in [0.5, 0.6) is 0 Å². The van der Waals surface area contributed by atoms with Crippen LogP contribution in [0.3, 0.4) is 0 Å². The first-order valence-corrected chi connectivity index (χ1v) is 17.3. The van der Waals surface area contributed by atoms with Crippen molar-refractivity contribution < 1.29 is 19.2 Å². The van der Waals surface area contributed by atoms with Gasteiger partial charge in [-0.05, 0) is 83.4 Å². The largest absolute Gasteiger partial charge is 0.354 e. The van der Waals surface area contributed by atoms with Crippen molar-refractivity contribution in [1.82, 2.24) is 25.3 Å². The van der Waals surface area contributed by atoms with E-state index < -0.39 is 6.04 Å². The SMILES string of the molecule is C/C(=C\[C@H](C(C)C)N(C)C(=O)CNC=O)C(=O)N1CCC[C@H]1C(=O)NCCc1ccccc1.CC(C)C.CC(C)N1CCCCC1. The van der Waals surface area contributed by atoms with Crippen molar-refractivity contribution in [3.63, 3.8) is 0 Å². The number of benzene rings is 1. The zero-order valence-electron chi connectivity index (χ0n) is 30.2. The Kier molecular flexibility index (Phi) is 19.8. The Morgan fingerprint density at radius 3 is 2.07 bits per heavy atom. The Morgan fingerprint density at radius 2 is 1.54 bits per heavy atom. The summed E-state index contributed by atoms with van der Waals surface area (Å²) in [6, 6.07) is 9.92. The van der Waals surface area contributed by atoms with Crippen LogP contribution in [0, 0.1) is 11.8 Å². The molecule has 0 spiro atoms. The molecule has 2 fully saturated rings. The van der Waals surface area contributed by atoms with E-state index >= 15 is 0 Å². The summed E-state index contributed by atoms with van der Waals surface area (Å²) in [5.74, 6) is 0.341. The highest BCUT2D eigenvalue weighted by Gasteiger charge is 2.35. The van der Waals surface area contributed by atoms with Crippen LogP contribution in [0.25, 0.3) is 0 Å². The first-order chi connectivity index (χ1) is 21.8. The zero-order valence-corrected chi connectivity index (χ0v) is 30.2. The van der Waals surface area contributed by atoms with E-state index in [-0.39, 0.29) is 36.2 Å². The number of likely N-dealkylation sites (tertiary alicyclic amines) is 2. The van der Waals surface area contributed by atoms with E-state index in [1.807, 2.05) is 44.2 Å². The minimum atomic E-state index is -0.481. The van der Waals surface area contributed by atoms with Crippen LogP contribution in [0.1, 0.15) is 93.1 Å². The number of carbonyl (C=O) groups excluding carboxylic acids is 4. The second kappa shape index (κ2) is 22.3. The molecule has 2 N–H and O–H groups in total. The van der Waals surface area contributed by atoms with Gasteiger partial charge in [0.2, 0.25) is 24.1 Å². The summed E-state index contributed by atoms with van der Waals surface area (Å²) in [7, 11) is 1.66. The fraction of sp³-hybridized carbons (Fsp3) is 0.676. The molecule has 1 aromatic carbocycles. The molecule has 260 valence electrons. The van der Waals surface area contributed by atoms with Crippen molar-refractivity contribution in [2.45, 2.75) is 112 Å². The van der Waals surface area contributed by atoms with E-state index in [4.69, 9.17) is 0 Å². The fourth-order valence-electron chi connectivity index (χ4n) is 5.54. The average Bonchev–Trinajstić information content (AvgIpc) is 3.52. The lowest BCUT2D eigenvalue weighted by molar-refractivity contribution is -0.135. The molecule has 9 heteroatoms. The molecule has 2 saturated heterocycles. The highest BCUT2D eigenvalue weighted by Crippen LogP contribution is 2.22. The predicted octanol–water partition coefficient (Wildman–Crippen LogP) is 5.05. The van der Waals surface area contributed by atoms with Gasteiger partial charge >= 0.3 is 0 Å². The van der Waals surface area contributed by atoms with Crippen LogP contribution in [0.15, 0.2) is 42.0 Å². The maximum absolute atomic E-state index is 13.2. The number of carbonyl (C=O) groups is 4. The lowest BCUT2D eigenvalue weighted by atomic mass is 9.99. The number of likely N-dealkylation sites (N-methyl/N-ethyl adjacent to an activating group) is 1. The normalized spacial score (nSPS) is 17.4. The van der Waals surface area contributed by atoms with E-state index in [1.165, 1.54) is 37.3 Å². The van der Waals surface area contributed by atoms with Crippen LogP contribution in [-0.4, -0.2) is 96.7 Å². The first kappa shape index (κ1) is 40.8. The molecule has 2 aliphatic heterocycles. The lowest BCUT2D eigenvalue weighted by Gasteiger charge is -2.30. The molecule has 0 unspecified atom stereocenters. The second-order valence-electron chi connectivity index (χ2n) is 13.7. The van der Waals surface area contributed by atoms with E-state index in [9.17, 15) is 19.2 Å². The minimum Gasteiger partial charge on any atom is -0.354 e. The second-order valence-corrected chi connectivity index (χ2v) is 13.7. The van der Waals surface area contributed by atoms with Gasteiger partial charge in [-0.15, -0.1) is 0 Å². The summed E-state index contributed by atoms with van der Waals surface area (Å²) >= 11 is 0. The number of rotatable bonds is 12. The zero-order chi connectivity index (χ0) is 34.6. The Bertz CT molecular complexity index is 1060. The average molecular weight is 642 g/mol. The van der Waals surface area contributed by atoms with Gasteiger partial charge in [-0.25, -0.2) is 0 Å². The lowest BCUT2D eigenvalue weighted by Crippen LogP contribution is -2.47. The van der Waals surface area contributed by atoms with Crippen molar-refractivity contribution in [2.24, 2.45) is 11.8 Å². The van der Waals surface area contributed by atoms with E-state index in [0.29, 0.717) is 31.5 Å². The summed E-state index contributed by atoms with van der Waals surface area (Å²) in [5.41, 5.74) is 1.65. The number of nitrogens with one attached hydrogen (secondary N) is 2. The molecular formula is C37H63N5O4. The number of nitrogens with zero attached hydrogens (tertiary/aromatic N) is 3. The maximum atomic E-state index is 13.2. The third-order valence-electron chi connectivity index (χ3n) is 8.11. The van der Waals surface area contributed by atoms with E-state index in [2.05, 4.69) is 50.2 Å². The van der Waals surface area contributed by atoms with Gasteiger partial charge < -0.3 is 25.3 Å². The molecule has 2 atom stereocenters. The van der Waals surface area contributed by atoms with Gasteiger partial charge in [-0.3, -0.25) is 19.2 Å². The quantitative estimate of drug-likeness (QED) is 0.246. The Labute approximate surface area is 279 Å². The van der Waals surface area contributed by atoms with Crippen molar-refractivity contribution in [3.8, 4) is 0 Å². The maximum Gasteiger partial charge on any atom is 0.249 e. The van der Waals surface area contributed by atoms with E-state index in [0.717, 1.165) is 30.4 Å². The molecule has 0 saturated carbocycles. The first-order valence-electron chi connectivity index (χ1n) is 17.3. The van der Waals surface area contributed by atoms with Crippen molar-refractivity contribution >= 4 is 24.1 Å². The highest BCUT2D eigenvalue weighted by atomic mass is 16.2. The van der Waals surface area contributed by atoms with Gasteiger partial charge in [-0.1, -0.05) is 77.4 Å². The summed E-state index contributed by atoms with van der Waals surface area (Å²) in [5, 5.41) is 5.34. The molecule has 0 radical (unpaired) electrons. The molecule has 3 rings (SSSR count). The monoisotopic (exact) mass is 641 g/mol. The third kappa shape index (κ3) is 15.4. The Hall–Kier alpha value is -3.20. The van der Waals surface area contributed by atoms with Crippen LogP contribution < -0.4 is 10.6 Å². The Balaban J connectivity index is 0.000000674. The third-order valence-corrected chi connectivity index (χ3v) is 8.11. The molecule has 46 heavy (non-hydrogen) atoms. The summed E-state index contributed by atoms with van der Waals surface area (Å²) in [4.78, 5) is 54.5. The smallest absolute Gasteiger partial charge is 0.249 e. The molecule has 4 amide bonds. The van der Waals surface area contributed by atoms with Gasteiger partial charge in [0.15, 0.2) is 0 Å². The number of hydrogen-bond donors (Lipinski definition) is 2. The summed E-state index contributed by atoms with van der Waals surface area (Å²) in [6.45, 7) is 20.3. The van der Waals surface area contributed by atoms with E-state index in [1.54, 1.807) is 24.9 Å². The standard InChI is InChI=1S/C25H36N4O4.C8H17N.C4H10/c1-18(2)22(28(4)23(31)16-26-17-30)15-19(3)25(33)29-14-8-11-21(29)24(32)27-13-12-20-9-6-5-7-10-20;1-8(2)9-6-4-3-5-7-9;1-4(2)3/h5-7,9-10,15,17-18,21-22H,8,11-14,16H2,1-4H3,(H,26,30)(H,27,32);8H,3-7H2,1-2H3;4H,1-3H3/b19-15+;;/t21-,22+;;/m0../s1. The van der Waals surface area contributed by atoms with Gasteiger partial charge in [0.05, 0.1) is 12.6 Å². The van der Waals surface area contributed by atoms with Crippen molar-refractivity contribution in [2.75, 3.05) is 39.8 Å². The molecule has 0 aliphatic carbocycles. The van der Waals surface area contributed by atoms with Crippen LogP contribution in [0.4, 0.5) is 0 Å². The van der Waals surface area contributed by atoms with Crippen LogP contribution >= 0.6 is 0 Å². The molecule has 0 aromatic heterocycles. The van der Waals surface area contributed by atoms with Gasteiger partial charge in [0.1, 0.15) is 6.04 Å². The fourth-order valence-corrected chi connectivity index (χ4v) is 5.54.